The molecule has 0 aliphatic heterocycles. The molecule has 1 rings (SSSR count). The van der Waals surface area contributed by atoms with Crippen molar-refractivity contribution in [1.82, 2.24) is 4.37 Å². The summed E-state index contributed by atoms with van der Waals surface area (Å²) in [6, 6.07) is -0.895. The number of halogens is 3. The lowest BCUT2D eigenvalue weighted by atomic mass is 10.2. The van der Waals surface area contributed by atoms with Gasteiger partial charge in [-0.2, -0.15) is 17.5 Å². The molecule has 1 unspecified atom stereocenters. The number of aromatic nitrogens is 1. The quantitative estimate of drug-likeness (QED) is 0.881. The molecule has 17 heavy (non-hydrogen) atoms. The minimum atomic E-state index is -4.28. The van der Waals surface area contributed by atoms with Crippen LogP contribution in [0.25, 0.3) is 0 Å². The fraction of sp³-hybridized carbons (Fsp3) is 0.556. The molecule has 0 spiro atoms. The molecule has 1 atom stereocenters. The average molecular weight is 268 g/mol. The fourth-order valence-electron chi connectivity index (χ4n) is 1.34. The zero-order valence-corrected chi connectivity index (χ0v) is 9.95. The second kappa shape index (κ2) is 4.91. The van der Waals surface area contributed by atoms with Crippen LogP contribution in [-0.4, -0.2) is 27.7 Å². The van der Waals surface area contributed by atoms with Crippen LogP contribution in [0.3, 0.4) is 0 Å². The second-order valence-electron chi connectivity index (χ2n) is 3.64. The Morgan fingerprint density at radius 2 is 2.18 bits per heavy atom. The molecule has 0 saturated heterocycles. The Hall–Kier alpha value is -1.31. The van der Waals surface area contributed by atoms with Crippen molar-refractivity contribution in [3.8, 4) is 0 Å². The van der Waals surface area contributed by atoms with E-state index in [1.807, 2.05) is 0 Å². The van der Waals surface area contributed by atoms with Gasteiger partial charge in [-0.25, -0.2) is 4.79 Å². The van der Waals surface area contributed by atoms with Gasteiger partial charge in [0.1, 0.15) is 10.6 Å². The summed E-state index contributed by atoms with van der Waals surface area (Å²) < 4.78 is 40.1. The van der Waals surface area contributed by atoms with Gasteiger partial charge < -0.3 is 10.4 Å². The minimum Gasteiger partial charge on any atom is -0.478 e. The SMILES string of the molecule is Cc1nsc(NC(C)CC(F)(F)F)c1C(=O)O. The first kappa shape index (κ1) is 13.8. The Labute approximate surface area is 99.6 Å². The van der Waals surface area contributed by atoms with Crippen LogP contribution in [0.2, 0.25) is 0 Å². The zero-order valence-electron chi connectivity index (χ0n) is 9.13. The second-order valence-corrected chi connectivity index (χ2v) is 4.42. The maximum atomic E-state index is 12.1. The molecule has 0 amide bonds. The number of nitrogens with zero attached hydrogens (tertiary/aromatic N) is 1. The van der Waals surface area contributed by atoms with Crippen LogP contribution in [0, 0.1) is 6.92 Å². The summed E-state index contributed by atoms with van der Waals surface area (Å²) in [5.74, 6) is -1.20. The standard InChI is InChI=1S/C9H11F3N2O2S/c1-4(3-9(10,11)12)13-7-6(8(15)16)5(2)14-17-7/h4,13H,3H2,1-2H3,(H,15,16). The van der Waals surface area contributed by atoms with Crippen LogP contribution in [0.5, 0.6) is 0 Å². The average Bonchev–Trinajstić information content (AvgIpc) is 2.42. The van der Waals surface area contributed by atoms with E-state index in [-0.39, 0.29) is 10.6 Å². The number of nitrogens with one attached hydrogen (secondary N) is 1. The largest absolute Gasteiger partial charge is 0.478 e. The van der Waals surface area contributed by atoms with E-state index in [4.69, 9.17) is 5.11 Å². The number of anilines is 1. The minimum absolute atomic E-state index is 0.0657. The van der Waals surface area contributed by atoms with Crippen molar-refractivity contribution in [3.05, 3.63) is 11.3 Å². The number of aryl methyl sites for hydroxylation is 1. The van der Waals surface area contributed by atoms with Crippen LogP contribution in [0.4, 0.5) is 18.2 Å². The first-order chi connectivity index (χ1) is 7.70. The first-order valence-electron chi connectivity index (χ1n) is 4.73. The van der Waals surface area contributed by atoms with E-state index < -0.39 is 24.6 Å². The number of aromatic carboxylic acids is 1. The van der Waals surface area contributed by atoms with E-state index in [1.165, 1.54) is 13.8 Å². The number of carboxylic acid groups (broad SMARTS) is 1. The molecule has 96 valence electrons. The van der Waals surface area contributed by atoms with Crippen LogP contribution in [0.1, 0.15) is 29.4 Å². The Morgan fingerprint density at radius 1 is 1.59 bits per heavy atom. The first-order valence-corrected chi connectivity index (χ1v) is 5.51. The summed E-state index contributed by atoms with van der Waals surface area (Å²) in [5, 5.41) is 11.6. The van der Waals surface area contributed by atoms with Crippen molar-refractivity contribution in [1.29, 1.82) is 0 Å². The lowest BCUT2D eigenvalue weighted by Gasteiger charge is -2.15. The molecule has 1 aromatic heterocycles. The molecule has 0 aliphatic rings. The molecule has 0 bridgehead atoms. The Balaban J connectivity index is 2.79. The maximum absolute atomic E-state index is 12.1. The Bertz CT molecular complexity index is 417. The van der Waals surface area contributed by atoms with Crippen LogP contribution >= 0.6 is 11.5 Å². The van der Waals surface area contributed by atoms with Crippen molar-refractivity contribution in [2.75, 3.05) is 5.32 Å². The van der Waals surface area contributed by atoms with Gasteiger partial charge >= 0.3 is 12.1 Å². The van der Waals surface area contributed by atoms with Gasteiger partial charge in [0.15, 0.2) is 0 Å². The van der Waals surface area contributed by atoms with Crippen molar-refractivity contribution in [2.24, 2.45) is 0 Å². The molecule has 8 heteroatoms. The normalized spacial score (nSPS) is 13.5. The van der Waals surface area contributed by atoms with Gasteiger partial charge in [0.25, 0.3) is 0 Å². The van der Waals surface area contributed by atoms with Crippen molar-refractivity contribution in [3.63, 3.8) is 0 Å². The molecule has 0 aromatic carbocycles. The molecule has 0 saturated carbocycles. The molecule has 1 heterocycles. The van der Waals surface area contributed by atoms with Gasteiger partial charge in [-0.3, -0.25) is 0 Å². The predicted molar refractivity (Wildman–Crippen MR) is 57.6 cm³/mol. The monoisotopic (exact) mass is 268 g/mol. The maximum Gasteiger partial charge on any atom is 0.391 e. The smallest absolute Gasteiger partial charge is 0.391 e. The molecular formula is C9H11F3N2O2S. The summed E-state index contributed by atoms with van der Waals surface area (Å²) in [5.41, 5.74) is 0.230. The van der Waals surface area contributed by atoms with Crippen molar-refractivity contribution >= 4 is 22.5 Å². The summed E-state index contributed by atoms with van der Waals surface area (Å²) in [7, 11) is 0. The number of hydrogen-bond acceptors (Lipinski definition) is 4. The van der Waals surface area contributed by atoms with E-state index in [9.17, 15) is 18.0 Å². The molecule has 0 fully saturated rings. The highest BCUT2D eigenvalue weighted by Crippen LogP contribution is 2.28. The van der Waals surface area contributed by atoms with Gasteiger partial charge in [-0.1, -0.05) is 0 Å². The van der Waals surface area contributed by atoms with E-state index in [1.54, 1.807) is 0 Å². The van der Waals surface area contributed by atoms with E-state index in [0.717, 1.165) is 11.5 Å². The van der Waals surface area contributed by atoms with Gasteiger partial charge in [-0.15, -0.1) is 0 Å². The third-order valence-corrected chi connectivity index (χ3v) is 2.86. The van der Waals surface area contributed by atoms with Crippen molar-refractivity contribution in [2.45, 2.75) is 32.5 Å². The van der Waals surface area contributed by atoms with E-state index in [0.29, 0.717) is 5.69 Å². The van der Waals surface area contributed by atoms with Gasteiger partial charge in [0, 0.05) is 6.04 Å². The van der Waals surface area contributed by atoms with Gasteiger partial charge in [0.2, 0.25) is 0 Å². The topological polar surface area (TPSA) is 62.2 Å². The zero-order chi connectivity index (χ0) is 13.2. The van der Waals surface area contributed by atoms with Gasteiger partial charge in [-0.05, 0) is 25.4 Å². The lowest BCUT2D eigenvalue weighted by Crippen LogP contribution is -2.24. The number of rotatable bonds is 4. The summed E-state index contributed by atoms with van der Waals surface area (Å²) in [6.45, 7) is 2.84. The number of carboxylic acids is 1. The number of alkyl halides is 3. The van der Waals surface area contributed by atoms with Crippen molar-refractivity contribution < 1.29 is 23.1 Å². The van der Waals surface area contributed by atoms with Gasteiger partial charge in [0.05, 0.1) is 12.1 Å². The van der Waals surface area contributed by atoms with E-state index >= 15 is 0 Å². The highest BCUT2D eigenvalue weighted by atomic mass is 32.1. The third kappa shape index (κ3) is 3.88. The van der Waals surface area contributed by atoms with E-state index in [2.05, 4.69) is 9.69 Å². The highest BCUT2D eigenvalue weighted by molar-refractivity contribution is 7.10. The number of hydrogen-bond donors (Lipinski definition) is 2. The molecule has 0 radical (unpaired) electrons. The Kier molecular flexibility index (Phi) is 3.97. The molecular weight excluding hydrogens is 257 g/mol. The molecule has 1 aromatic rings. The lowest BCUT2D eigenvalue weighted by molar-refractivity contribution is -0.136. The predicted octanol–water partition coefficient (Wildman–Crippen LogP) is 2.90. The van der Waals surface area contributed by atoms with Crippen LogP contribution < -0.4 is 5.32 Å². The third-order valence-electron chi connectivity index (χ3n) is 1.99. The fourth-order valence-corrected chi connectivity index (χ4v) is 2.24. The van der Waals surface area contributed by atoms with Crippen LogP contribution in [-0.2, 0) is 0 Å². The molecule has 2 N–H and O–H groups in total. The molecule has 4 nitrogen and oxygen atoms in total. The highest BCUT2D eigenvalue weighted by Gasteiger charge is 2.31. The Morgan fingerprint density at radius 3 is 2.65 bits per heavy atom. The number of carbonyl (C=O) groups is 1. The summed E-state index contributed by atoms with van der Waals surface area (Å²) in [4.78, 5) is 10.9. The molecule has 0 aliphatic carbocycles. The van der Waals surface area contributed by atoms with Crippen LogP contribution in [0.15, 0.2) is 0 Å². The summed E-state index contributed by atoms with van der Waals surface area (Å²) in [6.07, 6.45) is -5.31. The summed E-state index contributed by atoms with van der Waals surface area (Å²) >= 11 is 0.850.